The summed E-state index contributed by atoms with van der Waals surface area (Å²) in [6.07, 6.45) is 1.29. The van der Waals surface area contributed by atoms with Crippen LogP contribution in [0.4, 0.5) is 0 Å². The topological polar surface area (TPSA) is 28.4 Å². The van der Waals surface area contributed by atoms with Gasteiger partial charge in [-0.25, -0.2) is 0 Å². The lowest BCUT2D eigenvalue weighted by Crippen LogP contribution is -2.26. The smallest absolute Gasteiger partial charge is 0.134 e. The van der Waals surface area contributed by atoms with Gasteiger partial charge in [0.1, 0.15) is 11.5 Å². The van der Waals surface area contributed by atoms with Gasteiger partial charge >= 0.3 is 0 Å². The van der Waals surface area contributed by atoms with Gasteiger partial charge < -0.3 is 14.6 Å². The summed E-state index contributed by atoms with van der Waals surface area (Å²) in [5.74, 6) is 2.51. The molecule has 0 amide bonds. The zero-order valence-electron chi connectivity index (χ0n) is 13.3. The van der Waals surface area contributed by atoms with Crippen LogP contribution in [-0.4, -0.2) is 31.1 Å². The molecule has 1 unspecified atom stereocenters. The van der Waals surface area contributed by atoms with Crippen LogP contribution in [0.15, 0.2) is 34.7 Å². The van der Waals surface area contributed by atoms with Crippen LogP contribution in [0, 0.1) is 5.92 Å². The van der Waals surface area contributed by atoms with E-state index < -0.39 is 0 Å². The average Bonchev–Trinajstić information content (AvgIpc) is 3.19. The van der Waals surface area contributed by atoms with Crippen molar-refractivity contribution in [1.29, 1.82) is 0 Å². The first kappa shape index (κ1) is 16.8. The predicted molar refractivity (Wildman–Crippen MR) is 96.1 cm³/mol. The Labute approximate surface area is 147 Å². The van der Waals surface area contributed by atoms with Crippen molar-refractivity contribution in [1.82, 2.24) is 10.2 Å². The molecule has 0 bridgehead atoms. The van der Waals surface area contributed by atoms with Crippen LogP contribution in [0.3, 0.4) is 0 Å². The third kappa shape index (κ3) is 4.30. The number of benzene rings is 1. The molecule has 23 heavy (non-hydrogen) atoms. The zero-order chi connectivity index (χ0) is 16.2. The van der Waals surface area contributed by atoms with E-state index in [0.717, 1.165) is 42.6 Å². The number of nitrogens with zero attached hydrogens (tertiary/aromatic N) is 1. The van der Waals surface area contributed by atoms with Crippen LogP contribution in [0.2, 0.25) is 10.0 Å². The SMILES string of the molecule is CCN1CCC(CNCc2ccc(-c3ccc(Cl)c(Cl)c3)o2)C1. The highest BCUT2D eigenvalue weighted by molar-refractivity contribution is 6.42. The van der Waals surface area contributed by atoms with Gasteiger partial charge in [-0.2, -0.15) is 0 Å². The minimum Gasteiger partial charge on any atom is -0.460 e. The van der Waals surface area contributed by atoms with E-state index in [1.807, 2.05) is 24.3 Å². The van der Waals surface area contributed by atoms with Crippen LogP contribution in [0.1, 0.15) is 19.1 Å². The zero-order valence-corrected chi connectivity index (χ0v) is 14.8. The molecule has 0 spiro atoms. The van der Waals surface area contributed by atoms with E-state index in [9.17, 15) is 0 Å². The molecule has 124 valence electrons. The van der Waals surface area contributed by atoms with Gasteiger partial charge in [0.2, 0.25) is 0 Å². The normalized spacial score (nSPS) is 18.7. The van der Waals surface area contributed by atoms with Gasteiger partial charge in [0.25, 0.3) is 0 Å². The van der Waals surface area contributed by atoms with Crippen molar-refractivity contribution < 1.29 is 4.42 Å². The molecule has 2 aromatic rings. The fourth-order valence-corrected chi connectivity index (χ4v) is 3.34. The van der Waals surface area contributed by atoms with Gasteiger partial charge in [0.15, 0.2) is 0 Å². The molecule has 3 nitrogen and oxygen atoms in total. The van der Waals surface area contributed by atoms with E-state index >= 15 is 0 Å². The molecule has 0 radical (unpaired) electrons. The minimum atomic E-state index is 0.543. The summed E-state index contributed by atoms with van der Waals surface area (Å²) >= 11 is 12.0. The quantitative estimate of drug-likeness (QED) is 0.817. The highest BCUT2D eigenvalue weighted by Gasteiger charge is 2.20. The van der Waals surface area contributed by atoms with E-state index in [4.69, 9.17) is 27.6 Å². The summed E-state index contributed by atoms with van der Waals surface area (Å²) in [6, 6.07) is 9.53. The van der Waals surface area contributed by atoms with Gasteiger partial charge in [0, 0.05) is 12.1 Å². The van der Waals surface area contributed by atoms with Gasteiger partial charge in [-0.3, -0.25) is 0 Å². The van der Waals surface area contributed by atoms with Crippen molar-refractivity contribution in [3.63, 3.8) is 0 Å². The van der Waals surface area contributed by atoms with Crippen LogP contribution in [-0.2, 0) is 6.54 Å². The Kier molecular flexibility index (Phi) is 5.65. The van der Waals surface area contributed by atoms with Gasteiger partial charge in [-0.15, -0.1) is 0 Å². The summed E-state index contributed by atoms with van der Waals surface area (Å²) in [4.78, 5) is 2.50. The van der Waals surface area contributed by atoms with Crippen molar-refractivity contribution >= 4 is 23.2 Å². The van der Waals surface area contributed by atoms with Crippen molar-refractivity contribution in [2.45, 2.75) is 19.9 Å². The lowest BCUT2D eigenvalue weighted by atomic mass is 10.1. The first-order chi connectivity index (χ1) is 11.2. The predicted octanol–water partition coefficient (Wildman–Crippen LogP) is 4.68. The summed E-state index contributed by atoms with van der Waals surface area (Å²) in [7, 11) is 0. The fraction of sp³-hybridized carbons (Fsp3) is 0.444. The number of nitrogens with one attached hydrogen (secondary N) is 1. The fourth-order valence-electron chi connectivity index (χ4n) is 3.04. The Morgan fingerprint density at radius 1 is 1.22 bits per heavy atom. The molecule has 1 aromatic carbocycles. The lowest BCUT2D eigenvalue weighted by Gasteiger charge is -2.13. The molecule has 1 N–H and O–H groups in total. The van der Waals surface area contributed by atoms with E-state index in [-0.39, 0.29) is 0 Å². The molecule has 3 rings (SSSR count). The first-order valence-corrected chi connectivity index (χ1v) is 8.88. The van der Waals surface area contributed by atoms with Crippen LogP contribution in [0.25, 0.3) is 11.3 Å². The monoisotopic (exact) mass is 352 g/mol. The molecule has 1 aromatic heterocycles. The number of furan rings is 1. The molecule has 1 fully saturated rings. The van der Waals surface area contributed by atoms with Crippen LogP contribution >= 0.6 is 23.2 Å². The number of likely N-dealkylation sites (tertiary alicyclic amines) is 1. The molecule has 0 saturated carbocycles. The molecule has 1 atom stereocenters. The molecule has 1 aliphatic heterocycles. The standard InChI is InChI=1S/C18H22Cl2N2O/c1-2-22-8-7-13(12-22)10-21-11-15-4-6-18(23-15)14-3-5-16(19)17(20)9-14/h3-6,9,13,21H,2,7-8,10-12H2,1H3. The Morgan fingerprint density at radius 2 is 2.09 bits per heavy atom. The third-order valence-electron chi connectivity index (χ3n) is 4.42. The van der Waals surface area contributed by atoms with Crippen LogP contribution in [0.5, 0.6) is 0 Å². The van der Waals surface area contributed by atoms with Crippen molar-refractivity contribution in [2.24, 2.45) is 5.92 Å². The Balaban J connectivity index is 1.52. The molecular weight excluding hydrogens is 331 g/mol. The Bertz CT molecular complexity index is 656. The second-order valence-corrected chi connectivity index (χ2v) is 6.89. The molecule has 5 heteroatoms. The Hall–Kier alpha value is -1.00. The van der Waals surface area contributed by atoms with Gasteiger partial charge in [-0.05, 0) is 62.3 Å². The number of rotatable bonds is 6. The number of hydrogen-bond acceptors (Lipinski definition) is 3. The van der Waals surface area contributed by atoms with Gasteiger partial charge in [-0.1, -0.05) is 30.1 Å². The van der Waals surface area contributed by atoms with E-state index in [2.05, 4.69) is 17.1 Å². The number of halogens is 2. The maximum atomic E-state index is 6.06. The summed E-state index contributed by atoms with van der Waals surface area (Å²) in [5, 5.41) is 4.61. The highest BCUT2D eigenvalue weighted by atomic mass is 35.5. The second-order valence-electron chi connectivity index (χ2n) is 6.07. The maximum Gasteiger partial charge on any atom is 0.134 e. The summed E-state index contributed by atoms with van der Waals surface area (Å²) < 4.78 is 5.90. The van der Waals surface area contributed by atoms with E-state index in [1.54, 1.807) is 6.07 Å². The summed E-state index contributed by atoms with van der Waals surface area (Å²) in [5.41, 5.74) is 0.944. The van der Waals surface area contributed by atoms with E-state index in [0.29, 0.717) is 10.0 Å². The van der Waals surface area contributed by atoms with Crippen molar-refractivity contribution in [2.75, 3.05) is 26.2 Å². The third-order valence-corrected chi connectivity index (χ3v) is 5.15. The van der Waals surface area contributed by atoms with E-state index in [1.165, 1.54) is 19.5 Å². The first-order valence-electron chi connectivity index (χ1n) is 8.13. The lowest BCUT2D eigenvalue weighted by molar-refractivity contribution is 0.337. The second kappa shape index (κ2) is 7.71. The molecule has 0 aliphatic carbocycles. The van der Waals surface area contributed by atoms with Crippen molar-refractivity contribution in [3.8, 4) is 11.3 Å². The maximum absolute atomic E-state index is 6.06. The minimum absolute atomic E-state index is 0.543. The molecule has 1 saturated heterocycles. The number of hydrogen-bond donors (Lipinski definition) is 1. The molecule has 1 aliphatic rings. The molecular formula is C18H22Cl2N2O. The summed E-state index contributed by atoms with van der Waals surface area (Å²) in [6.45, 7) is 7.61. The average molecular weight is 353 g/mol. The van der Waals surface area contributed by atoms with Crippen LogP contribution < -0.4 is 5.32 Å². The molecule has 2 heterocycles. The van der Waals surface area contributed by atoms with Gasteiger partial charge in [0.05, 0.1) is 16.6 Å². The highest BCUT2D eigenvalue weighted by Crippen LogP contribution is 2.29. The largest absolute Gasteiger partial charge is 0.460 e. The Morgan fingerprint density at radius 3 is 2.83 bits per heavy atom. The van der Waals surface area contributed by atoms with Crippen molar-refractivity contribution in [3.05, 3.63) is 46.1 Å².